The Morgan fingerprint density at radius 1 is 1.14 bits per heavy atom. The van der Waals surface area contributed by atoms with Crippen molar-refractivity contribution in [3.63, 3.8) is 0 Å². The highest BCUT2D eigenvalue weighted by molar-refractivity contribution is 7.52. The van der Waals surface area contributed by atoms with Crippen LogP contribution in [-0.4, -0.2) is 5.16 Å². The first-order valence-corrected chi connectivity index (χ1v) is 5.80. The van der Waals surface area contributed by atoms with E-state index in [1.165, 1.54) is 0 Å². The van der Waals surface area contributed by atoms with E-state index >= 15 is 0 Å². The molecule has 1 atom stereocenters. The van der Waals surface area contributed by atoms with Crippen molar-refractivity contribution < 1.29 is 4.57 Å². The fourth-order valence-electron chi connectivity index (χ4n) is 0.805. The maximum absolute atomic E-state index is 11.6. The van der Waals surface area contributed by atoms with Gasteiger partial charge in [0, 0.05) is 5.56 Å². The maximum atomic E-state index is 11.6. The van der Waals surface area contributed by atoms with Gasteiger partial charge in [0.25, 0.3) is 0 Å². The summed E-state index contributed by atoms with van der Waals surface area (Å²) in [4.78, 5) is 0. The lowest BCUT2D eigenvalue weighted by Crippen LogP contribution is -2.05. The summed E-state index contributed by atoms with van der Waals surface area (Å²) in [7, 11) is -1.46. The number of rotatable bonds is 0. The lowest BCUT2D eigenvalue weighted by molar-refractivity contribution is 0.572. The van der Waals surface area contributed by atoms with E-state index in [9.17, 15) is 4.57 Å². The van der Waals surface area contributed by atoms with E-state index in [2.05, 4.69) is 11.6 Å². The smallest absolute Gasteiger partial charge is 0.0622 e. The van der Waals surface area contributed by atoms with Gasteiger partial charge in [0.2, 0.25) is 0 Å². The molecule has 0 fully saturated rings. The molecule has 0 saturated carbocycles. The Morgan fingerprint density at radius 2 is 1.71 bits per heavy atom. The van der Waals surface area contributed by atoms with E-state index in [4.69, 9.17) is 0 Å². The van der Waals surface area contributed by atoms with E-state index < -0.39 is 7.80 Å². The molecule has 1 rings (SSSR count). The van der Waals surface area contributed by atoms with E-state index in [-0.39, 0.29) is 5.16 Å². The zero-order valence-electron chi connectivity index (χ0n) is 8.74. The minimum absolute atomic E-state index is 0.225. The summed E-state index contributed by atoms with van der Waals surface area (Å²) >= 11 is 0. The normalized spacial score (nSPS) is 11.5. The third-order valence-corrected chi connectivity index (χ3v) is 3.22. The van der Waals surface area contributed by atoms with Crippen LogP contribution in [0, 0.1) is 11.6 Å². The lowest BCUT2D eigenvalue weighted by Gasteiger charge is -1.98. The molecule has 0 aromatic heterocycles. The van der Waals surface area contributed by atoms with E-state index in [1.807, 2.05) is 51.1 Å². The molecule has 0 saturated heterocycles. The van der Waals surface area contributed by atoms with Gasteiger partial charge < -0.3 is 0 Å². The molecular weight excluding hydrogens is 191 g/mol. The van der Waals surface area contributed by atoms with Gasteiger partial charge >= 0.3 is 7.80 Å². The topological polar surface area (TPSA) is 17.1 Å². The van der Waals surface area contributed by atoms with Gasteiger partial charge in [-0.15, -0.1) is 0 Å². The van der Waals surface area contributed by atoms with Crippen LogP contribution in [0.25, 0.3) is 0 Å². The van der Waals surface area contributed by atoms with Crippen LogP contribution in [0.4, 0.5) is 0 Å². The van der Waals surface area contributed by atoms with Gasteiger partial charge in [0.05, 0.1) is 0 Å². The standard InChI is InChI=1S/C12H14OP/c1-12(2,3)14(13)10-9-11-7-5-4-6-8-11/h4-8H,1-3H3/q+1. The Kier molecular flexibility index (Phi) is 3.44. The first kappa shape index (κ1) is 11.0. The minimum atomic E-state index is -1.46. The molecule has 72 valence electrons. The van der Waals surface area contributed by atoms with Gasteiger partial charge in [0.1, 0.15) is 0 Å². The number of hydrogen-bond donors (Lipinski definition) is 0. The molecule has 0 N–H and O–H groups in total. The Hall–Kier alpha value is -1.12. The van der Waals surface area contributed by atoms with Crippen LogP contribution in [0.5, 0.6) is 0 Å². The molecule has 0 heterocycles. The third-order valence-electron chi connectivity index (χ3n) is 1.68. The van der Waals surface area contributed by atoms with Crippen molar-refractivity contribution in [2.75, 3.05) is 0 Å². The molecule has 1 aromatic rings. The maximum Gasteiger partial charge on any atom is 0.434 e. The Bertz CT molecular complexity index is 376. The average molecular weight is 205 g/mol. The van der Waals surface area contributed by atoms with Crippen molar-refractivity contribution in [3.8, 4) is 11.6 Å². The summed E-state index contributed by atoms with van der Waals surface area (Å²) < 4.78 is 11.6. The van der Waals surface area contributed by atoms with Crippen molar-refractivity contribution in [1.29, 1.82) is 0 Å². The largest absolute Gasteiger partial charge is 0.434 e. The third kappa shape index (κ3) is 3.32. The van der Waals surface area contributed by atoms with E-state index in [0.29, 0.717) is 0 Å². The molecule has 1 nitrogen and oxygen atoms in total. The Labute approximate surface area is 86.3 Å². The predicted octanol–water partition coefficient (Wildman–Crippen LogP) is 3.62. The fourth-order valence-corrected chi connectivity index (χ4v) is 1.37. The number of hydrogen-bond acceptors (Lipinski definition) is 1. The molecule has 0 aliphatic carbocycles. The highest BCUT2D eigenvalue weighted by Gasteiger charge is 2.32. The van der Waals surface area contributed by atoms with Crippen LogP contribution in [-0.2, 0) is 4.57 Å². The summed E-state index contributed by atoms with van der Waals surface area (Å²) in [5.74, 6) is 2.92. The van der Waals surface area contributed by atoms with Crippen LogP contribution < -0.4 is 0 Å². The molecule has 14 heavy (non-hydrogen) atoms. The fraction of sp³-hybridized carbons (Fsp3) is 0.333. The molecule has 0 spiro atoms. The van der Waals surface area contributed by atoms with Crippen molar-refractivity contribution in [2.45, 2.75) is 25.9 Å². The first-order valence-electron chi connectivity index (χ1n) is 4.54. The Morgan fingerprint density at radius 3 is 2.21 bits per heavy atom. The summed E-state index contributed by atoms with van der Waals surface area (Å²) in [6.45, 7) is 5.81. The van der Waals surface area contributed by atoms with Crippen LogP contribution in [0.1, 0.15) is 26.3 Å². The van der Waals surface area contributed by atoms with Gasteiger partial charge in [-0.05, 0) is 38.8 Å². The van der Waals surface area contributed by atoms with Gasteiger partial charge in [-0.3, -0.25) is 0 Å². The van der Waals surface area contributed by atoms with E-state index in [1.54, 1.807) is 0 Å². The van der Waals surface area contributed by atoms with Crippen LogP contribution in [0.15, 0.2) is 30.3 Å². The molecule has 0 aliphatic heterocycles. The second-order valence-corrected chi connectivity index (χ2v) is 6.22. The molecule has 0 radical (unpaired) electrons. The molecule has 0 aliphatic rings. The van der Waals surface area contributed by atoms with Crippen LogP contribution >= 0.6 is 7.80 Å². The van der Waals surface area contributed by atoms with Gasteiger partial charge in [0.15, 0.2) is 10.8 Å². The first-order chi connectivity index (χ1) is 6.50. The van der Waals surface area contributed by atoms with Gasteiger partial charge in [-0.25, -0.2) is 0 Å². The predicted molar refractivity (Wildman–Crippen MR) is 60.7 cm³/mol. The quantitative estimate of drug-likeness (QED) is 0.467. The molecule has 0 bridgehead atoms. The van der Waals surface area contributed by atoms with Crippen molar-refractivity contribution in [2.24, 2.45) is 0 Å². The highest BCUT2D eigenvalue weighted by Crippen LogP contribution is 2.36. The SMILES string of the molecule is CC(C)(C)[P+](=O)C#Cc1ccccc1. The molecule has 1 unspecified atom stereocenters. The van der Waals surface area contributed by atoms with Crippen molar-refractivity contribution >= 4 is 7.80 Å². The van der Waals surface area contributed by atoms with Crippen molar-refractivity contribution in [1.82, 2.24) is 0 Å². The zero-order chi connectivity index (χ0) is 10.6. The summed E-state index contributed by atoms with van der Waals surface area (Å²) in [5.41, 5.74) is 3.71. The van der Waals surface area contributed by atoms with Crippen molar-refractivity contribution in [3.05, 3.63) is 35.9 Å². The van der Waals surface area contributed by atoms with Crippen LogP contribution in [0.3, 0.4) is 0 Å². The second kappa shape index (κ2) is 4.40. The number of benzene rings is 1. The lowest BCUT2D eigenvalue weighted by atomic mass is 10.2. The van der Waals surface area contributed by atoms with Gasteiger partial charge in [-0.1, -0.05) is 22.8 Å². The highest BCUT2D eigenvalue weighted by atomic mass is 31.1. The zero-order valence-corrected chi connectivity index (χ0v) is 9.64. The van der Waals surface area contributed by atoms with Gasteiger partial charge in [-0.2, -0.15) is 0 Å². The summed E-state index contributed by atoms with van der Waals surface area (Å²) in [6.07, 6.45) is 0. The molecule has 0 amide bonds. The molecular formula is C12H14OP+. The Balaban J connectivity index is 2.80. The summed E-state index contributed by atoms with van der Waals surface area (Å²) in [5, 5.41) is -0.225. The molecule has 2 heteroatoms. The summed E-state index contributed by atoms with van der Waals surface area (Å²) in [6, 6.07) is 9.62. The molecule has 1 aromatic carbocycles. The minimum Gasteiger partial charge on any atom is -0.0622 e. The van der Waals surface area contributed by atoms with Crippen LogP contribution in [0.2, 0.25) is 0 Å². The second-order valence-electron chi connectivity index (χ2n) is 4.07. The van der Waals surface area contributed by atoms with E-state index in [0.717, 1.165) is 5.56 Å². The monoisotopic (exact) mass is 205 g/mol. The average Bonchev–Trinajstić information content (AvgIpc) is 2.14.